The minimum absolute atomic E-state index is 0.00464. The number of benzene rings is 2. The zero-order valence-electron chi connectivity index (χ0n) is 18.5. The van der Waals surface area contributed by atoms with Crippen molar-refractivity contribution in [3.05, 3.63) is 99.4 Å². The van der Waals surface area contributed by atoms with E-state index < -0.39 is 4.92 Å². The highest BCUT2D eigenvalue weighted by molar-refractivity contribution is 5.94. The summed E-state index contributed by atoms with van der Waals surface area (Å²) >= 11 is 0. The van der Waals surface area contributed by atoms with Gasteiger partial charge in [-0.3, -0.25) is 14.9 Å². The Morgan fingerprint density at radius 3 is 2.39 bits per heavy atom. The van der Waals surface area contributed by atoms with Crippen molar-refractivity contribution in [2.45, 2.75) is 46.8 Å². The van der Waals surface area contributed by atoms with E-state index in [0.29, 0.717) is 12.1 Å². The van der Waals surface area contributed by atoms with Gasteiger partial charge in [0.15, 0.2) is 0 Å². The number of nitro groups is 1. The Labute approximate surface area is 183 Å². The molecule has 0 bridgehead atoms. The summed E-state index contributed by atoms with van der Waals surface area (Å²) in [6, 6.07) is 18.3. The molecule has 2 aromatic carbocycles. The van der Waals surface area contributed by atoms with Crippen molar-refractivity contribution in [3.63, 3.8) is 0 Å². The lowest BCUT2D eigenvalue weighted by Gasteiger charge is -2.32. The molecule has 0 radical (unpaired) electrons. The van der Waals surface area contributed by atoms with Gasteiger partial charge in [-0.05, 0) is 49.6 Å². The molecule has 1 amide bonds. The van der Waals surface area contributed by atoms with Crippen LogP contribution in [0.5, 0.6) is 0 Å². The first-order valence-corrected chi connectivity index (χ1v) is 10.5. The van der Waals surface area contributed by atoms with Gasteiger partial charge < -0.3 is 9.47 Å². The minimum atomic E-state index is -0.457. The number of carbonyl (C=O) groups excluding carboxylic acids is 1. The molecule has 1 unspecified atom stereocenters. The molecule has 31 heavy (non-hydrogen) atoms. The fraction of sp³-hybridized carbons (Fsp3) is 0.320. The Hall–Kier alpha value is -3.41. The van der Waals surface area contributed by atoms with Crippen LogP contribution in [0.1, 0.15) is 48.0 Å². The van der Waals surface area contributed by atoms with E-state index in [1.807, 2.05) is 30.2 Å². The molecule has 0 aliphatic carbocycles. The van der Waals surface area contributed by atoms with E-state index in [2.05, 4.69) is 49.6 Å². The lowest BCUT2D eigenvalue weighted by molar-refractivity contribution is -0.384. The van der Waals surface area contributed by atoms with Crippen LogP contribution in [0.25, 0.3) is 0 Å². The molecule has 0 aliphatic rings. The lowest BCUT2D eigenvalue weighted by atomic mass is 10.0. The van der Waals surface area contributed by atoms with E-state index in [1.165, 1.54) is 35.4 Å². The van der Waals surface area contributed by atoms with E-state index >= 15 is 0 Å². The van der Waals surface area contributed by atoms with Crippen LogP contribution in [-0.4, -0.2) is 26.3 Å². The number of hydrogen-bond donors (Lipinski definition) is 0. The van der Waals surface area contributed by atoms with Gasteiger partial charge in [-0.15, -0.1) is 0 Å². The smallest absolute Gasteiger partial charge is 0.269 e. The Morgan fingerprint density at radius 2 is 1.77 bits per heavy atom. The molecule has 6 nitrogen and oxygen atoms in total. The number of rotatable bonds is 8. The van der Waals surface area contributed by atoms with Crippen LogP contribution in [0.15, 0.2) is 66.9 Å². The number of carbonyl (C=O) groups is 1. The summed E-state index contributed by atoms with van der Waals surface area (Å²) in [5.41, 5.74) is 3.91. The molecule has 0 N–H and O–H groups in total. The number of amides is 1. The molecule has 6 heteroatoms. The van der Waals surface area contributed by atoms with Crippen molar-refractivity contribution in [3.8, 4) is 0 Å². The van der Waals surface area contributed by atoms with Crippen molar-refractivity contribution < 1.29 is 9.72 Å². The third-order valence-corrected chi connectivity index (χ3v) is 5.73. The second-order valence-corrected chi connectivity index (χ2v) is 8.34. The summed E-state index contributed by atoms with van der Waals surface area (Å²) in [6.45, 7) is 9.50. The van der Waals surface area contributed by atoms with Crippen LogP contribution in [0, 0.1) is 23.0 Å². The van der Waals surface area contributed by atoms with Gasteiger partial charge in [-0.25, -0.2) is 0 Å². The third kappa shape index (κ3) is 5.40. The van der Waals surface area contributed by atoms with E-state index in [0.717, 1.165) is 12.2 Å². The second-order valence-electron chi connectivity index (χ2n) is 8.34. The van der Waals surface area contributed by atoms with E-state index in [-0.39, 0.29) is 23.6 Å². The van der Waals surface area contributed by atoms with Gasteiger partial charge in [0.25, 0.3) is 11.6 Å². The number of non-ortho nitro benzene ring substituents is 1. The summed E-state index contributed by atoms with van der Waals surface area (Å²) < 4.78 is 2.16. The predicted octanol–water partition coefficient (Wildman–Crippen LogP) is 5.44. The van der Waals surface area contributed by atoms with Crippen molar-refractivity contribution >= 4 is 11.6 Å². The molecule has 0 spiro atoms. The summed E-state index contributed by atoms with van der Waals surface area (Å²) in [7, 11) is 0. The molecular weight excluding hydrogens is 390 g/mol. The molecule has 1 aromatic heterocycles. The van der Waals surface area contributed by atoms with Crippen LogP contribution in [0.3, 0.4) is 0 Å². The zero-order chi connectivity index (χ0) is 22.5. The maximum atomic E-state index is 13.4. The highest BCUT2D eigenvalue weighted by Crippen LogP contribution is 2.21. The number of aromatic nitrogens is 1. The molecule has 1 heterocycles. The van der Waals surface area contributed by atoms with Crippen LogP contribution >= 0.6 is 0 Å². The molecule has 0 saturated carbocycles. The second kappa shape index (κ2) is 9.60. The van der Waals surface area contributed by atoms with Gasteiger partial charge in [0, 0.05) is 42.2 Å². The number of nitro benzene ring substituents is 1. The van der Waals surface area contributed by atoms with Crippen LogP contribution in [-0.2, 0) is 13.1 Å². The molecule has 1 atom stereocenters. The SMILES string of the molecule is Cc1cccc(Cn2cccc2CN(C(=O)c2ccc([N+](=O)[O-])cc2)C(C)C(C)C)c1. The summed E-state index contributed by atoms with van der Waals surface area (Å²) in [6.07, 6.45) is 2.03. The van der Waals surface area contributed by atoms with Crippen molar-refractivity contribution in [1.29, 1.82) is 0 Å². The average molecular weight is 420 g/mol. The van der Waals surface area contributed by atoms with Crippen molar-refractivity contribution in [2.75, 3.05) is 0 Å². The van der Waals surface area contributed by atoms with Crippen LogP contribution in [0.2, 0.25) is 0 Å². The standard InChI is InChI=1S/C25H29N3O3/c1-18(2)20(4)27(25(29)22-10-12-23(13-11-22)28(30)31)17-24-9-6-14-26(24)16-21-8-5-7-19(3)15-21/h5-15,18,20H,16-17H2,1-4H3. The van der Waals surface area contributed by atoms with Gasteiger partial charge in [0.05, 0.1) is 11.5 Å². The van der Waals surface area contributed by atoms with Crippen LogP contribution < -0.4 is 0 Å². The van der Waals surface area contributed by atoms with Gasteiger partial charge in [0.1, 0.15) is 0 Å². The number of hydrogen-bond acceptors (Lipinski definition) is 3. The topological polar surface area (TPSA) is 68.4 Å². The monoisotopic (exact) mass is 419 g/mol. The Balaban J connectivity index is 1.86. The fourth-order valence-corrected chi connectivity index (χ4v) is 3.58. The maximum absolute atomic E-state index is 13.4. The van der Waals surface area contributed by atoms with Crippen LogP contribution in [0.4, 0.5) is 5.69 Å². The first-order valence-electron chi connectivity index (χ1n) is 10.5. The zero-order valence-corrected chi connectivity index (χ0v) is 18.5. The first kappa shape index (κ1) is 22.3. The van der Waals surface area contributed by atoms with Crippen molar-refractivity contribution in [1.82, 2.24) is 9.47 Å². The van der Waals surface area contributed by atoms with E-state index in [1.54, 1.807) is 0 Å². The molecule has 0 aliphatic heterocycles. The van der Waals surface area contributed by atoms with E-state index in [9.17, 15) is 14.9 Å². The van der Waals surface area contributed by atoms with E-state index in [4.69, 9.17) is 0 Å². The molecule has 0 saturated heterocycles. The normalized spacial score (nSPS) is 12.0. The summed E-state index contributed by atoms with van der Waals surface area (Å²) in [5, 5.41) is 10.9. The molecule has 0 fully saturated rings. The highest BCUT2D eigenvalue weighted by atomic mass is 16.6. The first-order chi connectivity index (χ1) is 14.8. The lowest BCUT2D eigenvalue weighted by Crippen LogP contribution is -2.41. The maximum Gasteiger partial charge on any atom is 0.269 e. The molecule has 3 rings (SSSR count). The Kier molecular flexibility index (Phi) is 6.90. The van der Waals surface area contributed by atoms with Gasteiger partial charge in [0.2, 0.25) is 0 Å². The predicted molar refractivity (Wildman–Crippen MR) is 122 cm³/mol. The molecule has 162 valence electrons. The number of aryl methyl sites for hydroxylation is 1. The minimum Gasteiger partial charge on any atom is -0.345 e. The largest absolute Gasteiger partial charge is 0.345 e. The van der Waals surface area contributed by atoms with Crippen molar-refractivity contribution in [2.24, 2.45) is 5.92 Å². The van der Waals surface area contributed by atoms with Gasteiger partial charge >= 0.3 is 0 Å². The third-order valence-electron chi connectivity index (χ3n) is 5.73. The van der Waals surface area contributed by atoms with Gasteiger partial charge in [-0.1, -0.05) is 43.7 Å². The van der Waals surface area contributed by atoms with Gasteiger partial charge in [-0.2, -0.15) is 0 Å². The molecule has 3 aromatic rings. The quantitative estimate of drug-likeness (QED) is 0.361. The average Bonchev–Trinajstić information content (AvgIpc) is 3.17. The molecular formula is C25H29N3O3. The summed E-state index contributed by atoms with van der Waals surface area (Å²) in [4.78, 5) is 25.7. The number of nitrogens with zero attached hydrogens (tertiary/aromatic N) is 3. The Bertz CT molecular complexity index is 1050. The summed E-state index contributed by atoms with van der Waals surface area (Å²) in [5.74, 6) is 0.140. The highest BCUT2D eigenvalue weighted by Gasteiger charge is 2.25. The Morgan fingerprint density at radius 1 is 1.06 bits per heavy atom. The fourth-order valence-electron chi connectivity index (χ4n) is 3.58.